The molecule has 0 unspecified atom stereocenters. The summed E-state index contributed by atoms with van der Waals surface area (Å²) in [5.41, 5.74) is 3.58. The average molecular weight is 411 g/mol. The van der Waals surface area contributed by atoms with Crippen LogP contribution in [0.5, 0.6) is 5.75 Å². The summed E-state index contributed by atoms with van der Waals surface area (Å²) in [7, 11) is 0. The van der Waals surface area contributed by atoms with Crippen LogP contribution < -0.4 is 10.1 Å². The first kappa shape index (κ1) is 14.9. The number of halogens is 2. The van der Waals surface area contributed by atoms with Gasteiger partial charge in [0.25, 0.3) is 0 Å². The highest BCUT2D eigenvalue weighted by atomic mass is 79.9. The molecule has 0 fully saturated rings. The minimum absolute atomic E-state index is 0.0802. The number of benzene rings is 2. The summed E-state index contributed by atoms with van der Waals surface area (Å²) in [6.07, 6.45) is 0.970. The van der Waals surface area contributed by atoms with Gasteiger partial charge in [-0.1, -0.05) is 28.1 Å². The van der Waals surface area contributed by atoms with Crippen molar-refractivity contribution in [1.29, 1.82) is 0 Å². The number of fused-ring (bicyclic) bond motifs is 1. The minimum Gasteiger partial charge on any atom is -0.487 e. The Labute approximate surface area is 142 Å². The van der Waals surface area contributed by atoms with Crippen molar-refractivity contribution in [2.24, 2.45) is 0 Å². The number of ether oxygens (including phenoxy) is 1. The Bertz CT molecular complexity index is 682. The molecule has 2 nitrogen and oxygen atoms in total. The normalized spacial score (nSPS) is 15.4. The number of hydrogen-bond donors (Lipinski definition) is 1. The van der Waals surface area contributed by atoms with Crippen LogP contribution in [0.1, 0.15) is 25.0 Å². The third-order valence-electron chi connectivity index (χ3n) is 3.54. The fourth-order valence-electron chi connectivity index (χ4n) is 2.60. The maximum atomic E-state index is 5.91. The Hall–Kier alpha value is -1.00. The van der Waals surface area contributed by atoms with Gasteiger partial charge in [-0.15, -0.1) is 0 Å². The summed E-state index contributed by atoms with van der Waals surface area (Å²) in [6.45, 7) is 5.06. The first-order valence-corrected chi connectivity index (χ1v) is 8.51. The van der Waals surface area contributed by atoms with Gasteiger partial charge in [-0.3, -0.25) is 0 Å². The topological polar surface area (TPSA) is 21.3 Å². The molecule has 0 amide bonds. The predicted molar refractivity (Wildman–Crippen MR) is 94.0 cm³/mol. The smallest absolute Gasteiger partial charge is 0.123 e. The van der Waals surface area contributed by atoms with E-state index in [1.165, 1.54) is 11.1 Å². The molecule has 110 valence electrons. The Kier molecular flexibility index (Phi) is 4.02. The lowest BCUT2D eigenvalue weighted by molar-refractivity contribution is 0.138. The van der Waals surface area contributed by atoms with Crippen molar-refractivity contribution >= 4 is 37.5 Å². The van der Waals surface area contributed by atoms with Gasteiger partial charge in [-0.25, -0.2) is 0 Å². The fourth-order valence-corrected chi connectivity index (χ4v) is 3.79. The van der Waals surface area contributed by atoms with Gasteiger partial charge in [0.1, 0.15) is 11.4 Å². The highest BCUT2D eigenvalue weighted by molar-refractivity contribution is 9.11. The molecule has 2 aromatic carbocycles. The van der Waals surface area contributed by atoms with Gasteiger partial charge in [0.2, 0.25) is 0 Å². The lowest BCUT2D eigenvalue weighted by Crippen LogP contribution is -2.24. The SMILES string of the molecule is CC1(C)Cc2cc(CNc3ccc(Br)cc3Br)ccc2O1. The first-order chi connectivity index (χ1) is 9.93. The highest BCUT2D eigenvalue weighted by Gasteiger charge is 2.29. The van der Waals surface area contributed by atoms with Crippen molar-refractivity contribution in [2.75, 3.05) is 5.32 Å². The zero-order chi connectivity index (χ0) is 15.0. The molecule has 0 radical (unpaired) electrons. The molecule has 0 saturated carbocycles. The van der Waals surface area contributed by atoms with Gasteiger partial charge in [0.05, 0.1) is 0 Å². The van der Waals surface area contributed by atoms with Crippen LogP contribution in [-0.2, 0) is 13.0 Å². The maximum absolute atomic E-state index is 5.91. The van der Waals surface area contributed by atoms with Gasteiger partial charge in [-0.2, -0.15) is 0 Å². The average Bonchev–Trinajstić information content (AvgIpc) is 2.70. The van der Waals surface area contributed by atoms with Crippen LogP contribution in [-0.4, -0.2) is 5.60 Å². The van der Waals surface area contributed by atoms with E-state index in [1.807, 2.05) is 12.1 Å². The summed E-state index contributed by atoms with van der Waals surface area (Å²) in [5.74, 6) is 1.02. The quantitative estimate of drug-likeness (QED) is 0.717. The lowest BCUT2D eigenvalue weighted by atomic mass is 10.0. The zero-order valence-electron chi connectivity index (χ0n) is 12.0. The van der Waals surface area contributed by atoms with E-state index in [-0.39, 0.29) is 5.60 Å². The van der Waals surface area contributed by atoms with E-state index >= 15 is 0 Å². The van der Waals surface area contributed by atoms with E-state index in [0.29, 0.717) is 0 Å². The van der Waals surface area contributed by atoms with Crippen molar-refractivity contribution in [2.45, 2.75) is 32.4 Å². The Morgan fingerprint density at radius 2 is 1.95 bits per heavy atom. The summed E-state index contributed by atoms with van der Waals surface area (Å²) in [6, 6.07) is 12.6. The molecule has 0 aromatic heterocycles. The van der Waals surface area contributed by atoms with Crippen molar-refractivity contribution in [3.8, 4) is 5.75 Å². The Morgan fingerprint density at radius 3 is 2.71 bits per heavy atom. The molecule has 3 rings (SSSR count). The third-order valence-corrected chi connectivity index (χ3v) is 4.69. The van der Waals surface area contributed by atoms with Crippen LogP contribution in [0, 0.1) is 0 Å². The number of nitrogens with one attached hydrogen (secondary N) is 1. The van der Waals surface area contributed by atoms with E-state index in [4.69, 9.17) is 4.74 Å². The van der Waals surface area contributed by atoms with Gasteiger partial charge in [-0.05, 0) is 65.2 Å². The van der Waals surface area contributed by atoms with E-state index in [9.17, 15) is 0 Å². The first-order valence-electron chi connectivity index (χ1n) is 6.93. The molecule has 1 N–H and O–H groups in total. The van der Waals surface area contributed by atoms with Crippen molar-refractivity contribution < 1.29 is 4.74 Å². The molecule has 0 aliphatic carbocycles. The van der Waals surface area contributed by atoms with E-state index in [2.05, 4.69) is 75.3 Å². The van der Waals surface area contributed by atoms with E-state index in [0.717, 1.165) is 33.3 Å². The molecule has 2 aromatic rings. The van der Waals surface area contributed by atoms with Crippen LogP contribution in [0.3, 0.4) is 0 Å². The zero-order valence-corrected chi connectivity index (χ0v) is 15.2. The number of hydrogen-bond acceptors (Lipinski definition) is 2. The molecule has 0 bridgehead atoms. The summed E-state index contributed by atoms with van der Waals surface area (Å²) < 4.78 is 8.04. The van der Waals surface area contributed by atoms with Crippen LogP contribution in [0.25, 0.3) is 0 Å². The van der Waals surface area contributed by atoms with E-state index in [1.54, 1.807) is 0 Å². The summed E-state index contributed by atoms with van der Waals surface area (Å²) in [5, 5.41) is 3.46. The molecular formula is C17H17Br2NO. The Morgan fingerprint density at radius 1 is 1.14 bits per heavy atom. The third kappa shape index (κ3) is 3.43. The molecule has 1 aliphatic heterocycles. The monoisotopic (exact) mass is 409 g/mol. The van der Waals surface area contributed by atoms with Crippen molar-refractivity contribution in [3.63, 3.8) is 0 Å². The maximum Gasteiger partial charge on any atom is 0.123 e. The molecule has 1 heterocycles. The second-order valence-electron chi connectivity index (χ2n) is 5.96. The van der Waals surface area contributed by atoms with Crippen LogP contribution >= 0.6 is 31.9 Å². The predicted octanol–water partition coefficient (Wildman–Crippen LogP) is 5.54. The Balaban J connectivity index is 1.72. The largest absolute Gasteiger partial charge is 0.487 e. The van der Waals surface area contributed by atoms with Gasteiger partial charge < -0.3 is 10.1 Å². The fraction of sp³-hybridized carbons (Fsp3) is 0.294. The van der Waals surface area contributed by atoms with Gasteiger partial charge >= 0.3 is 0 Å². The standard InChI is InChI=1S/C17H17Br2NO/c1-17(2)9-12-7-11(3-6-16(12)21-17)10-20-15-5-4-13(18)8-14(15)19/h3-8,20H,9-10H2,1-2H3. The van der Waals surface area contributed by atoms with Crippen molar-refractivity contribution in [3.05, 3.63) is 56.5 Å². The molecule has 0 saturated heterocycles. The van der Waals surface area contributed by atoms with Gasteiger partial charge in [0.15, 0.2) is 0 Å². The molecule has 21 heavy (non-hydrogen) atoms. The molecule has 4 heteroatoms. The van der Waals surface area contributed by atoms with Crippen molar-refractivity contribution in [1.82, 2.24) is 0 Å². The van der Waals surface area contributed by atoms with Crippen LogP contribution in [0.2, 0.25) is 0 Å². The number of rotatable bonds is 3. The molecular weight excluding hydrogens is 394 g/mol. The second kappa shape index (κ2) is 5.65. The molecule has 0 atom stereocenters. The second-order valence-corrected chi connectivity index (χ2v) is 7.73. The van der Waals surface area contributed by atoms with E-state index < -0.39 is 0 Å². The minimum atomic E-state index is -0.0802. The summed E-state index contributed by atoms with van der Waals surface area (Å²) >= 11 is 7.04. The van der Waals surface area contributed by atoms with Crippen LogP contribution in [0.4, 0.5) is 5.69 Å². The molecule has 1 aliphatic rings. The van der Waals surface area contributed by atoms with Crippen LogP contribution in [0.15, 0.2) is 45.3 Å². The highest BCUT2D eigenvalue weighted by Crippen LogP contribution is 2.35. The summed E-state index contributed by atoms with van der Waals surface area (Å²) in [4.78, 5) is 0. The lowest BCUT2D eigenvalue weighted by Gasteiger charge is -2.16. The molecule has 0 spiro atoms. The van der Waals surface area contributed by atoms with Gasteiger partial charge in [0, 0.05) is 27.6 Å². The number of anilines is 1.